The van der Waals surface area contributed by atoms with Crippen molar-refractivity contribution in [2.24, 2.45) is 11.3 Å². The smallest absolute Gasteiger partial charge is 0.229 e. The highest BCUT2D eigenvalue weighted by molar-refractivity contribution is 6.34. The number of rotatable bonds is 4. The Hall–Kier alpha value is -1.97. The van der Waals surface area contributed by atoms with E-state index < -0.39 is 6.10 Å². The zero-order valence-electron chi connectivity index (χ0n) is 19.2. The summed E-state index contributed by atoms with van der Waals surface area (Å²) in [5.74, 6) is 0.715. The normalized spacial score (nSPS) is 29.0. The Bertz CT molecular complexity index is 1080. The number of anilines is 2. The molecular weight excluding hydrogens is 456 g/mol. The maximum atomic E-state index is 12.9. The van der Waals surface area contributed by atoms with E-state index in [0.29, 0.717) is 24.1 Å². The van der Waals surface area contributed by atoms with Crippen LogP contribution >= 0.6 is 11.6 Å². The van der Waals surface area contributed by atoms with Crippen LogP contribution in [0.25, 0.3) is 10.8 Å². The third-order valence-corrected chi connectivity index (χ3v) is 8.48. The third kappa shape index (κ3) is 4.16. The van der Waals surface area contributed by atoms with Crippen molar-refractivity contribution in [3.05, 3.63) is 29.4 Å². The Morgan fingerprint density at radius 2 is 1.88 bits per heavy atom. The van der Waals surface area contributed by atoms with Crippen LogP contribution in [0.2, 0.25) is 5.02 Å². The molecule has 4 fully saturated rings. The van der Waals surface area contributed by atoms with E-state index >= 15 is 0 Å². The van der Waals surface area contributed by atoms with Crippen molar-refractivity contribution in [3.8, 4) is 0 Å². The monoisotopic (exact) mass is 486 g/mol. The van der Waals surface area contributed by atoms with Gasteiger partial charge < -0.3 is 24.8 Å². The molecule has 9 heteroatoms. The number of aliphatic hydroxyl groups excluding tert-OH is 1. The van der Waals surface area contributed by atoms with Crippen molar-refractivity contribution in [1.82, 2.24) is 9.88 Å². The zero-order valence-corrected chi connectivity index (χ0v) is 20.0. The average molecular weight is 487 g/mol. The topological polar surface area (TPSA) is 87.2 Å². The molecule has 4 heterocycles. The van der Waals surface area contributed by atoms with Crippen molar-refractivity contribution in [2.75, 3.05) is 62.8 Å². The van der Waals surface area contributed by atoms with Gasteiger partial charge >= 0.3 is 0 Å². The molecule has 1 aromatic heterocycles. The summed E-state index contributed by atoms with van der Waals surface area (Å²) < 4.78 is 10.9. The molecule has 2 N–H and O–H groups in total. The summed E-state index contributed by atoms with van der Waals surface area (Å²) in [6.45, 7) is 5.89. The first-order valence-corrected chi connectivity index (χ1v) is 12.6. The van der Waals surface area contributed by atoms with E-state index in [2.05, 4.69) is 26.2 Å². The first kappa shape index (κ1) is 22.5. The number of nitrogens with one attached hydrogen (secondary N) is 1. The maximum Gasteiger partial charge on any atom is 0.229 e. The van der Waals surface area contributed by atoms with Crippen LogP contribution < -0.4 is 10.2 Å². The Morgan fingerprint density at radius 3 is 2.62 bits per heavy atom. The molecule has 0 unspecified atom stereocenters. The number of aromatic nitrogens is 1. The number of carbonyl (C=O) groups is 1. The van der Waals surface area contributed by atoms with E-state index in [1.165, 1.54) is 0 Å². The van der Waals surface area contributed by atoms with Gasteiger partial charge in [-0.15, -0.1) is 0 Å². The first-order valence-electron chi connectivity index (χ1n) is 12.3. The number of pyridine rings is 1. The van der Waals surface area contributed by atoms with Crippen molar-refractivity contribution in [3.63, 3.8) is 0 Å². The number of hydrogen-bond acceptors (Lipinski definition) is 7. The Kier molecular flexibility index (Phi) is 5.90. The lowest BCUT2D eigenvalue weighted by Gasteiger charge is -2.39. The second kappa shape index (κ2) is 8.91. The van der Waals surface area contributed by atoms with Crippen LogP contribution in [0.3, 0.4) is 0 Å². The van der Waals surface area contributed by atoms with E-state index in [-0.39, 0.29) is 23.3 Å². The molecule has 1 spiro atoms. The van der Waals surface area contributed by atoms with E-state index in [4.69, 9.17) is 21.1 Å². The fourth-order valence-corrected chi connectivity index (χ4v) is 6.19. The molecule has 34 heavy (non-hydrogen) atoms. The van der Waals surface area contributed by atoms with Crippen LogP contribution in [-0.4, -0.2) is 85.6 Å². The number of carbonyl (C=O) groups excluding carboxylic acids is 1. The van der Waals surface area contributed by atoms with Crippen molar-refractivity contribution < 1.29 is 19.4 Å². The van der Waals surface area contributed by atoms with Crippen LogP contribution in [0.15, 0.2) is 24.4 Å². The molecule has 3 aliphatic heterocycles. The number of piperazine rings is 1. The lowest BCUT2D eigenvalue weighted by atomic mass is 9.93. The minimum atomic E-state index is -0.408. The number of halogens is 1. The van der Waals surface area contributed by atoms with Gasteiger partial charge in [0.05, 0.1) is 36.1 Å². The molecule has 3 saturated heterocycles. The molecular formula is C25H31ClN4O4. The molecule has 3 atom stereocenters. The lowest BCUT2D eigenvalue weighted by molar-refractivity contribution is -0.118. The predicted octanol–water partition coefficient (Wildman–Crippen LogP) is 2.53. The summed E-state index contributed by atoms with van der Waals surface area (Å²) in [7, 11) is 0. The van der Waals surface area contributed by atoms with Crippen LogP contribution in [0, 0.1) is 11.3 Å². The highest BCUT2D eigenvalue weighted by atomic mass is 35.5. The quantitative estimate of drug-likeness (QED) is 0.686. The van der Waals surface area contributed by atoms with E-state index in [1.54, 1.807) is 6.20 Å². The van der Waals surface area contributed by atoms with Gasteiger partial charge in [0.25, 0.3) is 0 Å². The molecule has 1 aromatic carbocycles. The van der Waals surface area contributed by atoms with Gasteiger partial charge in [-0.05, 0) is 48.3 Å². The van der Waals surface area contributed by atoms with Gasteiger partial charge in [0.2, 0.25) is 5.91 Å². The highest BCUT2D eigenvalue weighted by Crippen LogP contribution is 2.59. The Balaban J connectivity index is 1.15. The summed E-state index contributed by atoms with van der Waals surface area (Å²) in [5, 5.41) is 15.8. The minimum Gasteiger partial charge on any atom is -0.389 e. The third-order valence-electron chi connectivity index (χ3n) is 8.18. The summed E-state index contributed by atoms with van der Waals surface area (Å²) in [5.41, 5.74) is 1.13. The Morgan fingerprint density at radius 1 is 1.09 bits per heavy atom. The summed E-state index contributed by atoms with van der Waals surface area (Å²) in [6, 6.07) is 6.06. The number of nitrogens with zero attached hydrogens (tertiary/aromatic N) is 3. The number of benzene rings is 1. The number of ether oxygens (including phenoxy) is 2. The van der Waals surface area contributed by atoms with Crippen molar-refractivity contribution in [2.45, 2.75) is 31.4 Å². The van der Waals surface area contributed by atoms with Gasteiger partial charge in [0.1, 0.15) is 5.82 Å². The largest absolute Gasteiger partial charge is 0.389 e. The standard InChI is InChI=1S/C25H31ClN4O4/c26-19-9-17-13-27-23(28-24(32)18-12-25(18)1-7-33-8-2-25)11-16(17)10-20(19)29-3-5-30(6-4-29)21-14-34-15-22(21)31/h9-11,13,18,21-22,31H,1-8,12,14-15H2,(H,27,28,32)/t18-,21+,22-/m1/s1. The molecule has 1 amide bonds. The molecule has 6 rings (SSSR count). The fraction of sp³-hybridized carbons (Fsp3) is 0.600. The molecule has 1 aliphatic carbocycles. The molecule has 0 bridgehead atoms. The summed E-state index contributed by atoms with van der Waals surface area (Å²) in [4.78, 5) is 21.9. The average Bonchev–Trinajstić information content (AvgIpc) is 3.36. The van der Waals surface area contributed by atoms with Gasteiger partial charge in [-0.1, -0.05) is 11.6 Å². The van der Waals surface area contributed by atoms with E-state index in [0.717, 1.165) is 75.1 Å². The molecule has 4 aliphatic rings. The van der Waals surface area contributed by atoms with Crippen molar-refractivity contribution >= 4 is 39.8 Å². The first-order chi connectivity index (χ1) is 16.5. The number of fused-ring (bicyclic) bond motifs is 1. The van der Waals surface area contributed by atoms with Crippen LogP contribution in [-0.2, 0) is 14.3 Å². The fourth-order valence-electron chi connectivity index (χ4n) is 5.90. The number of hydrogen-bond donors (Lipinski definition) is 2. The summed E-state index contributed by atoms with van der Waals surface area (Å²) in [6.07, 6.45) is 4.26. The highest BCUT2D eigenvalue weighted by Gasteiger charge is 2.58. The molecule has 8 nitrogen and oxygen atoms in total. The van der Waals surface area contributed by atoms with Crippen LogP contribution in [0.4, 0.5) is 11.5 Å². The molecule has 182 valence electrons. The zero-order chi connectivity index (χ0) is 23.3. The summed E-state index contributed by atoms with van der Waals surface area (Å²) >= 11 is 6.66. The minimum absolute atomic E-state index is 0.0646. The maximum absolute atomic E-state index is 12.9. The van der Waals surface area contributed by atoms with Gasteiger partial charge in [-0.25, -0.2) is 4.98 Å². The van der Waals surface area contributed by atoms with Gasteiger partial charge in [0, 0.05) is 56.9 Å². The SMILES string of the molecule is O=C(Nc1cc2cc(N3CCN([C@H]4COC[C@H]4O)CC3)c(Cl)cc2cn1)[C@H]1CC12CCOCC2. The molecule has 1 saturated carbocycles. The molecule has 0 radical (unpaired) electrons. The second-order valence-corrected chi connectivity index (χ2v) is 10.5. The van der Waals surface area contributed by atoms with Gasteiger partial charge in [0.15, 0.2) is 0 Å². The molecule has 2 aromatic rings. The Labute approximate surface area is 204 Å². The van der Waals surface area contributed by atoms with Crippen molar-refractivity contribution in [1.29, 1.82) is 0 Å². The van der Waals surface area contributed by atoms with Crippen LogP contribution in [0.1, 0.15) is 19.3 Å². The van der Waals surface area contributed by atoms with E-state index in [9.17, 15) is 9.90 Å². The van der Waals surface area contributed by atoms with E-state index in [1.807, 2.05) is 12.1 Å². The van der Waals surface area contributed by atoms with Gasteiger partial charge in [-0.2, -0.15) is 0 Å². The second-order valence-electron chi connectivity index (χ2n) is 10.1. The van der Waals surface area contributed by atoms with Crippen LogP contribution in [0.5, 0.6) is 0 Å². The number of aliphatic hydroxyl groups is 1. The predicted molar refractivity (Wildman–Crippen MR) is 130 cm³/mol. The lowest BCUT2D eigenvalue weighted by Crippen LogP contribution is -2.53. The number of amides is 1. The van der Waals surface area contributed by atoms with Gasteiger partial charge in [-0.3, -0.25) is 9.69 Å².